The summed E-state index contributed by atoms with van der Waals surface area (Å²) < 4.78 is 44.0. The van der Waals surface area contributed by atoms with Gasteiger partial charge < -0.3 is 4.84 Å². The third kappa shape index (κ3) is 4.77. The van der Waals surface area contributed by atoms with Crippen LogP contribution in [0, 0.1) is 0 Å². The van der Waals surface area contributed by atoms with Crippen molar-refractivity contribution >= 4 is 52.1 Å². The SMILES string of the molecule is FC(F)(F)C1(c2cc(Cl)cc(Cl)c2)CC(C[P+](c2ccccc2)(c2ccccc2)c2ccccc2)=NO1. The molecule has 0 aliphatic carbocycles. The highest BCUT2D eigenvalue weighted by atomic mass is 35.5. The second kappa shape index (κ2) is 10.1. The van der Waals surface area contributed by atoms with E-state index in [0.29, 0.717) is 5.71 Å². The van der Waals surface area contributed by atoms with Gasteiger partial charge in [0.05, 0.1) is 0 Å². The van der Waals surface area contributed by atoms with Crippen molar-refractivity contribution in [2.24, 2.45) is 5.16 Å². The van der Waals surface area contributed by atoms with Crippen LogP contribution in [0.5, 0.6) is 0 Å². The summed E-state index contributed by atoms with van der Waals surface area (Å²) in [6.07, 6.45) is -4.92. The maximum absolute atomic E-state index is 14.7. The van der Waals surface area contributed by atoms with E-state index in [9.17, 15) is 13.2 Å². The van der Waals surface area contributed by atoms with Crippen molar-refractivity contribution in [2.45, 2.75) is 18.2 Å². The predicted octanol–water partition coefficient (Wildman–Crippen LogP) is 7.52. The molecule has 0 amide bonds. The Balaban J connectivity index is 1.65. The van der Waals surface area contributed by atoms with Crippen molar-refractivity contribution in [2.75, 3.05) is 6.16 Å². The Hall–Kier alpha value is -2.85. The Labute approximate surface area is 224 Å². The van der Waals surface area contributed by atoms with Gasteiger partial charge in [0, 0.05) is 22.0 Å². The van der Waals surface area contributed by atoms with Gasteiger partial charge >= 0.3 is 6.18 Å². The molecule has 1 heterocycles. The van der Waals surface area contributed by atoms with Crippen LogP contribution in [0.4, 0.5) is 13.2 Å². The minimum atomic E-state index is -4.75. The van der Waals surface area contributed by atoms with Crippen molar-refractivity contribution in [3.8, 4) is 0 Å². The third-order valence-electron chi connectivity index (χ3n) is 6.58. The van der Waals surface area contributed by atoms with Crippen LogP contribution in [-0.2, 0) is 10.4 Å². The molecule has 37 heavy (non-hydrogen) atoms. The number of halogens is 5. The smallest absolute Gasteiger partial charge is 0.374 e. The number of hydrogen-bond acceptors (Lipinski definition) is 2. The van der Waals surface area contributed by atoms with Crippen LogP contribution in [0.1, 0.15) is 12.0 Å². The normalized spacial score (nSPS) is 17.8. The van der Waals surface area contributed by atoms with Crippen molar-refractivity contribution in [1.82, 2.24) is 0 Å². The Morgan fingerprint density at radius 1 is 0.730 bits per heavy atom. The lowest BCUT2D eigenvalue weighted by molar-refractivity contribution is -0.275. The standard InChI is InChI=1S/C29H22Cl2F3NOP/c30-22-16-21(17-23(31)18-22)28(29(32,33)34)19-24(35-36-28)20-37(25-10-4-1-5-11-25,26-12-6-2-7-13-26)27-14-8-3-9-15-27/h1-18H,19-20H2/q+1. The van der Waals surface area contributed by atoms with Crippen LogP contribution in [0.25, 0.3) is 0 Å². The quantitative estimate of drug-likeness (QED) is 0.224. The summed E-state index contributed by atoms with van der Waals surface area (Å²) in [7, 11) is -2.45. The lowest BCUT2D eigenvalue weighted by Gasteiger charge is -2.30. The molecule has 0 spiro atoms. The molecule has 0 aromatic heterocycles. The zero-order chi connectivity index (χ0) is 26.1. The van der Waals surface area contributed by atoms with E-state index in [1.807, 2.05) is 91.0 Å². The first-order valence-electron chi connectivity index (χ1n) is 11.6. The molecule has 5 rings (SSSR count). The van der Waals surface area contributed by atoms with Crippen molar-refractivity contribution in [3.05, 3.63) is 125 Å². The lowest BCUT2D eigenvalue weighted by Crippen LogP contribution is -2.43. The van der Waals surface area contributed by atoms with Gasteiger partial charge in [0.15, 0.2) is 0 Å². The molecule has 1 atom stereocenters. The maximum atomic E-state index is 14.7. The first-order chi connectivity index (χ1) is 17.7. The van der Waals surface area contributed by atoms with E-state index in [1.54, 1.807) is 0 Å². The van der Waals surface area contributed by atoms with Gasteiger partial charge in [-0.3, -0.25) is 0 Å². The molecular weight excluding hydrogens is 537 g/mol. The monoisotopic (exact) mass is 558 g/mol. The summed E-state index contributed by atoms with van der Waals surface area (Å²) in [5.74, 6) is 0. The molecule has 0 bridgehead atoms. The first kappa shape index (κ1) is 25.8. The topological polar surface area (TPSA) is 21.6 Å². The van der Waals surface area contributed by atoms with Gasteiger partial charge in [-0.1, -0.05) is 83.0 Å². The highest BCUT2D eigenvalue weighted by molar-refractivity contribution is 7.96. The van der Waals surface area contributed by atoms with Crippen LogP contribution < -0.4 is 15.9 Å². The number of oxime groups is 1. The molecule has 0 radical (unpaired) electrons. The summed E-state index contributed by atoms with van der Waals surface area (Å²) >= 11 is 12.2. The third-order valence-corrected chi connectivity index (χ3v) is 11.4. The van der Waals surface area contributed by atoms with Crippen LogP contribution in [0.2, 0.25) is 10.0 Å². The molecule has 1 unspecified atom stereocenters. The molecule has 0 saturated heterocycles. The second-order valence-corrected chi connectivity index (χ2v) is 13.2. The molecule has 188 valence electrons. The van der Waals surface area contributed by atoms with E-state index < -0.39 is 25.5 Å². The minimum Gasteiger partial charge on any atom is -0.374 e. The van der Waals surface area contributed by atoms with Gasteiger partial charge in [-0.05, 0) is 54.6 Å². The molecule has 8 heteroatoms. The maximum Gasteiger partial charge on any atom is 0.435 e. The molecular formula is C29H22Cl2F3NOP+. The Morgan fingerprint density at radius 3 is 1.57 bits per heavy atom. The Kier molecular flexibility index (Phi) is 7.06. The van der Waals surface area contributed by atoms with Gasteiger partial charge in [0.1, 0.15) is 35.0 Å². The van der Waals surface area contributed by atoms with E-state index in [1.165, 1.54) is 18.2 Å². The van der Waals surface area contributed by atoms with E-state index in [0.717, 1.165) is 15.9 Å². The van der Waals surface area contributed by atoms with Gasteiger partial charge in [-0.15, -0.1) is 0 Å². The van der Waals surface area contributed by atoms with Crippen LogP contribution in [-0.4, -0.2) is 18.0 Å². The van der Waals surface area contributed by atoms with Crippen LogP contribution in [0.3, 0.4) is 0 Å². The number of benzene rings is 4. The molecule has 4 aromatic carbocycles. The van der Waals surface area contributed by atoms with Crippen molar-refractivity contribution in [1.29, 1.82) is 0 Å². The van der Waals surface area contributed by atoms with E-state index >= 15 is 0 Å². The average Bonchev–Trinajstić information content (AvgIpc) is 3.34. The molecule has 1 aliphatic heterocycles. The summed E-state index contributed by atoms with van der Waals surface area (Å²) in [6, 6.07) is 33.6. The average molecular weight is 559 g/mol. The van der Waals surface area contributed by atoms with Gasteiger partial charge in [0.25, 0.3) is 5.60 Å². The van der Waals surface area contributed by atoms with Gasteiger partial charge in [-0.2, -0.15) is 13.2 Å². The van der Waals surface area contributed by atoms with Crippen molar-refractivity contribution < 1.29 is 18.0 Å². The number of alkyl halides is 3. The van der Waals surface area contributed by atoms with Gasteiger partial charge in [0.2, 0.25) is 0 Å². The summed E-state index contributed by atoms with van der Waals surface area (Å²) in [5, 5.41) is 7.43. The minimum absolute atomic E-state index is 0.0999. The lowest BCUT2D eigenvalue weighted by atomic mass is 9.88. The van der Waals surface area contributed by atoms with Crippen molar-refractivity contribution in [3.63, 3.8) is 0 Å². The largest absolute Gasteiger partial charge is 0.435 e. The fourth-order valence-corrected chi connectivity index (χ4v) is 9.61. The molecule has 2 nitrogen and oxygen atoms in total. The molecule has 4 aromatic rings. The zero-order valence-corrected chi connectivity index (χ0v) is 21.9. The first-order valence-corrected chi connectivity index (χ1v) is 14.3. The van der Waals surface area contributed by atoms with E-state index in [2.05, 4.69) is 5.16 Å². The van der Waals surface area contributed by atoms with E-state index in [-0.39, 0.29) is 21.8 Å². The number of hydrogen-bond donors (Lipinski definition) is 0. The fraction of sp³-hybridized carbons (Fsp3) is 0.138. The van der Waals surface area contributed by atoms with Crippen LogP contribution >= 0.6 is 30.5 Å². The number of nitrogens with zero attached hydrogens (tertiary/aromatic N) is 1. The van der Waals surface area contributed by atoms with E-state index in [4.69, 9.17) is 28.0 Å². The molecule has 0 N–H and O–H groups in total. The summed E-state index contributed by atoms with van der Waals surface area (Å²) in [4.78, 5) is 5.33. The van der Waals surface area contributed by atoms with Gasteiger partial charge in [-0.25, -0.2) is 0 Å². The molecule has 1 aliphatic rings. The molecule has 0 fully saturated rings. The second-order valence-electron chi connectivity index (χ2n) is 8.88. The number of rotatable bonds is 6. The Morgan fingerprint density at radius 2 is 1.16 bits per heavy atom. The van der Waals surface area contributed by atoms with Crippen LogP contribution in [0.15, 0.2) is 114 Å². The molecule has 0 saturated carbocycles. The zero-order valence-electron chi connectivity index (χ0n) is 19.5. The fourth-order valence-electron chi connectivity index (χ4n) is 4.88. The summed E-state index contributed by atoms with van der Waals surface area (Å²) in [6.45, 7) is 0. The highest BCUT2D eigenvalue weighted by Crippen LogP contribution is 2.58. The predicted molar refractivity (Wildman–Crippen MR) is 147 cm³/mol. The highest BCUT2D eigenvalue weighted by Gasteiger charge is 2.63. The Bertz CT molecular complexity index is 1300. The summed E-state index contributed by atoms with van der Waals surface area (Å²) in [5.41, 5.74) is -2.51.